The molecule has 5 nitrogen and oxygen atoms in total. The number of guanidine groups is 1. The molecule has 1 heterocycles. The molecule has 0 bridgehead atoms. The maximum Gasteiger partial charge on any atom is 0.190 e. The van der Waals surface area contributed by atoms with Gasteiger partial charge in [-0.05, 0) is 31.4 Å². The van der Waals surface area contributed by atoms with Gasteiger partial charge in [0.15, 0.2) is 5.96 Å². The summed E-state index contributed by atoms with van der Waals surface area (Å²) in [5.41, 5.74) is 2.31. The summed E-state index contributed by atoms with van der Waals surface area (Å²) in [5.74, 6) is 1.69. The van der Waals surface area contributed by atoms with Crippen LogP contribution in [0.5, 0.6) is 5.75 Å². The quantitative estimate of drug-likeness (QED) is 0.438. The lowest BCUT2D eigenvalue weighted by molar-refractivity contribution is 0.0676. The first-order valence-electron chi connectivity index (χ1n) is 7.45. The summed E-state index contributed by atoms with van der Waals surface area (Å²) in [7, 11) is 3.60. The van der Waals surface area contributed by atoms with Crippen LogP contribution in [0.1, 0.15) is 24.0 Å². The van der Waals surface area contributed by atoms with E-state index in [-0.39, 0.29) is 30.1 Å². The zero-order chi connectivity index (χ0) is 15.1. The Kier molecular flexibility index (Phi) is 8.55. The summed E-state index contributed by atoms with van der Waals surface area (Å²) in [5, 5.41) is 6.26. The third-order valence-electron chi connectivity index (χ3n) is 3.58. The predicted molar refractivity (Wildman–Crippen MR) is 100 cm³/mol. The van der Waals surface area contributed by atoms with Gasteiger partial charge < -0.3 is 20.1 Å². The Morgan fingerprint density at radius 2 is 2.27 bits per heavy atom. The van der Waals surface area contributed by atoms with Crippen LogP contribution in [0.15, 0.2) is 23.2 Å². The molecular weight excluding hydrogens is 393 g/mol. The molecule has 1 aliphatic rings. The van der Waals surface area contributed by atoms with Gasteiger partial charge in [0.25, 0.3) is 0 Å². The second kappa shape index (κ2) is 9.89. The number of nitrogens with one attached hydrogen (secondary N) is 2. The molecule has 1 fully saturated rings. The van der Waals surface area contributed by atoms with Gasteiger partial charge in [-0.1, -0.05) is 12.1 Å². The minimum Gasteiger partial charge on any atom is -0.491 e. The Labute approximate surface area is 149 Å². The second-order valence-corrected chi connectivity index (χ2v) is 5.23. The number of hydrogen-bond acceptors (Lipinski definition) is 3. The summed E-state index contributed by atoms with van der Waals surface area (Å²) >= 11 is 0. The molecule has 1 aromatic carbocycles. The van der Waals surface area contributed by atoms with E-state index in [1.165, 1.54) is 5.56 Å². The standard InChI is InChI=1S/C16H25N3O2.HI/c1-12-6-7-13(10-19-16(17-2)18-3)15(9-12)21-11-14-5-4-8-20-14;/h6-7,9,14H,4-5,8,10-11H2,1-3H3,(H2,17,18,19);1H. The molecule has 22 heavy (non-hydrogen) atoms. The largest absolute Gasteiger partial charge is 0.491 e. The second-order valence-electron chi connectivity index (χ2n) is 5.23. The first-order valence-corrected chi connectivity index (χ1v) is 7.45. The lowest BCUT2D eigenvalue weighted by Crippen LogP contribution is -2.34. The zero-order valence-corrected chi connectivity index (χ0v) is 15.8. The van der Waals surface area contributed by atoms with Gasteiger partial charge in [-0.25, -0.2) is 0 Å². The van der Waals surface area contributed by atoms with Crippen LogP contribution in [-0.4, -0.2) is 39.4 Å². The van der Waals surface area contributed by atoms with Crippen LogP contribution in [0, 0.1) is 6.92 Å². The van der Waals surface area contributed by atoms with E-state index in [4.69, 9.17) is 9.47 Å². The van der Waals surface area contributed by atoms with Crippen molar-refractivity contribution in [2.24, 2.45) is 4.99 Å². The molecule has 0 spiro atoms. The van der Waals surface area contributed by atoms with E-state index in [1.807, 2.05) is 7.05 Å². The van der Waals surface area contributed by atoms with Crippen molar-refractivity contribution in [3.63, 3.8) is 0 Å². The number of nitrogens with zero attached hydrogens (tertiary/aromatic N) is 1. The molecule has 1 aromatic rings. The van der Waals surface area contributed by atoms with E-state index in [9.17, 15) is 0 Å². The highest BCUT2D eigenvalue weighted by Gasteiger charge is 2.16. The average Bonchev–Trinajstić information content (AvgIpc) is 3.01. The van der Waals surface area contributed by atoms with Gasteiger partial charge in [-0.15, -0.1) is 24.0 Å². The molecule has 0 aromatic heterocycles. The molecule has 0 amide bonds. The van der Waals surface area contributed by atoms with E-state index in [1.54, 1.807) is 7.05 Å². The van der Waals surface area contributed by atoms with Crippen LogP contribution >= 0.6 is 24.0 Å². The third-order valence-corrected chi connectivity index (χ3v) is 3.58. The molecule has 1 atom stereocenters. The maximum absolute atomic E-state index is 5.98. The van der Waals surface area contributed by atoms with E-state index < -0.39 is 0 Å². The first kappa shape index (κ1) is 19.0. The highest BCUT2D eigenvalue weighted by atomic mass is 127. The van der Waals surface area contributed by atoms with Crippen LogP contribution in [0.3, 0.4) is 0 Å². The molecule has 2 rings (SSSR count). The molecule has 1 aliphatic heterocycles. The van der Waals surface area contributed by atoms with Crippen LogP contribution in [0.4, 0.5) is 0 Å². The number of halogens is 1. The van der Waals surface area contributed by atoms with Gasteiger partial charge in [-0.2, -0.15) is 0 Å². The van der Waals surface area contributed by atoms with Crippen molar-refractivity contribution < 1.29 is 9.47 Å². The monoisotopic (exact) mass is 419 g/mol. The molecule has 2 N–H and O–H groups in total. The lowest BCUT2D eigenvalue weighted by Gasteiger charge is -2.16. The predicted octanol–water partition coefficient (Wildman–Crippen LogP) is 2.47. The van der Waals surface area contributed by atoms with Crippen molar-refractivity contribution in [2.45, 2.75) is 32.4 Å². The number of aliphatic imine (C=N–C) groups is 1. The topological polar surface area (TPSA) is 54.9 Å². The fraction of sp³-hybridized carbons (Fsp3) is 0.562. The summed E-state index contributed by atoms with van der Waals surface area (Å²) < 4.78 is 11.6. The third kappa shape index (κ3) is 5.64. The van der Waals surface area contributed by atoms with E-state index in [0.29, 0.717) is 13.2 Å². The Hall–Kier alpha value is -1.02. The lowest BCUT2D eigenvalue weighted by atomic mass is 10.1. The number of hydrogen-bond donors (Lipinski definition) is 2. The van der Waals surface area contributed by atoms with Crippen LogP contribution < -0.4 is 15.4 Å². The van der Waals surface area contributed by atoms with Crippen LogP contribution in [0.2, 0.25) is 0 Å². The highest BCUT2D eigenvalue weighted by molar-refractivity contribution is 14.0. The molecule has 0 aliphatic carbocycles. The van der Waals surface area contributed by atoms with Gasteiger partial charge in [0, 0.05) is 32.8 Å². The van der Waals surface area contributed by atoms with Crippen LogP contribution in [0.25, 0.3) is 0 Å². The number of ether oxygens (including phenoxy) is 2. The van der Waals surface area contributed by atoms with E-state index >= 15 is 0 Å². The molecular formula is C16H26IN3O2. The van der Waals surface area contributed by atoms with Gasteiger partial charge in [0.05, 0.1) is 6.10 Å². The van der Waals surface area contributed by atoms with Crippen molar-refractivity contribution >= 4 is 29.9 Å². The van der Waals surface area contributed by atoms with Gasteiger partial charge >= 0.3 is 0 Å². The van der Waals surface area contributed by atoms with Gasteiger partial charge in [0.1, 0.15) is 12.4 Å². The normalized spacial score (nSPS) is 17.8. The molecule has 124 valence electrons. The van der Waals surface area contributed by atoms with E-state index in [2.05, 4.69) is 40.7 Å². The Morgan fingerprint density at radius 3 is 2.91 bits per heavy atom. The van der Waals surface area contributed by atoms with Crippen molar-refractivity contribution in [1.82, 2.24) is 10.6 Å². The Balaban J connectivity index is 0.00000242. The number of benzene rings is 1. The molecule has 1 unspecified atom stereocenters. The minimum absolute atomic E-state index is 0. The summed E-state index contributed by atoms with van der Waals surface area (Å²) in [6.07, 6.45) is 2.46. The minimum atomic E-state index is 0. The Morgan fingerprint density at radius 1 is 1.45 bits per heavy atom. The SMILES string of the molecule is CN=C(NC)NCc1ccc(C)cc1OCC1CCCO1.I. The number of rotatable bonds is 5. The number of aryl methyl sites for hydroxylation is 1. The van der Waals surface area contributed by atoms with Crippen molar-refractivity contribution in [3.05, 3.63) is 29.3 Å². The fourth-order valence-corrected chi connectivity index (χ4v) is 2.36. The van der Waals surface area contributed by atoms with Crippen molar-refractivity contribution in [1.29, 1.82) is 0 Å². The zero-order valence-electron chi connectivity index (χ0n) is 13.5. The molecule has 6 heteroatoms. The Bertz CT molecular complexity index is 488. The summed E-state index contributed by atoms with van der Waals surface area (Å²) in [6.45, 7) is 4.23. The van der Waals surface area contributed by atoms with Crippen molar-refractivity contribution in [2.75, 3.05) is 27.3 Å². The van der Waals surface area contributed by atoms with E-state index in [0.717, 1.165) is 36.7 Å². The fourth-order valence-electron chi connectivity index (χ4n) is 2.36. The maximum atomic E-state index is 5.98. The molecule has 0 radical (unpaired) electrons. The molecule has 0 saturated carbocycles. The highest BCUT2D eigenvalue weighted by Crippen LogP contribution is 2.22. The smallest absolute Gasteiger partial charge is 0.190 e. The molecule has 1 saturated heterocycles. The summed E-state index contributed by atoms with van der Waals surface area (Å²) in [4.78, 5) is 4.11. The van der Waals surface area contributed by atoms with Gasteiger partial charge in [-0.3, -0.25) is 4.99 Å². The summed E-state index contributed by atoms with van der Waals surface area (Å²) in [6, 6.07) is 6.27. The van der Waals surface area contributed by atoms with Gasteiger partial charge in [0.2, 0.25) is 0 Å². The average molecular weight is 419 g/mol. The van der Waals surface area contributed by atoms with Crippen molar-refractivity contribution in [3.8, 4) is 5.75 Å². The first-order chi connectivity index (χ1) is 10.2. The van der Waals surface area contributed by atoms with Crippen LogP contribution in [-0.2, 0) is 11.3 Å².